The average molecular weight is 191 g/mol. The summed E-state index contributed by atoms with van der Waals surface area (Å²) in [6.45, 7) is 3.71. The second-order valence-corrected chi connectivity index (χ2v) is 3.95. The van der Waals surface area contributed by atoms with E-state index >= 15 is 0 Å². The molecule has 0 radical (unpaired) electrons. The smallest absolute Gasteiger partial charge is 0.197 e. The number of hydrogen-bond acceptors (Lipinski definition) is 3. The third-order valence-corrected chi connectivity index (χ3v) is 2.11. The lowest BCUT2D eigenvalue weighted by Gasteiger charge is -2.17. The number of fused-ring (bicyclic) bond motifs is 1. The third kappa shape index (κ3) is 1.24. The number of aromatic hydroxyl groups is 1. The number of nitrogens with two attached hydrogens (primary N) is 1. The SMILES string of the molecule is CC(C)(N)c1ncc2cccc(O)n12. The number of nitrogens with zero attached hydrogens (tertiary/aromatic N) is 2. The van der Waals surface area contributed by atoms with Gasteiger partial charge >= 0.3 is 0 Å². The molecule has 0 saturated heterocycles. The average Bonchev–Trinajstić information content (AvgIpc) is 2.47. The molecule has 0 aliphatic carbocycles. The van der Waals surface area contributed by atoms with Gasteiger partial charge in [-0.3, -0.25) is 4.40 Å². The minimum absolute atomic E-state index is 0.161. The van der Waals surface area contributed by atoms with Crippen LogP contribution in [0.3, 0.4) is 0 Å². The first-order valence-electron chi connectivity index (χ1n) is 4.45. The van der Waals surface area contributed by atoms with Crippen LogP contribution in [0.2, 0.25) is 0 Å². The van der Waals surface area contributed by atoms with E-state index in [1.165, 1.54) is 0 Å². The zero-order chi connectivity index (χ0) is 10.3. The van der Waals surface area contributed by atoms with Crippen molar-refractivity contribution in [3.8, 4) is 5.88 Å². The minimum atomic E-state index is -0.564. The van der Waals surface area contributed by atoms with Crippen LogP contribution < -0.4 is 5.73 Å². The predicted octanol–water partition coefficient (Wildman–Crippen LogP) is 1.23. The van der Waals surface area contributed by atoms with Gasteiger partial charge in [0.15, 0.2) is 5.88 Å². The Morgan fingerprint density at radius 3 is 2.79 bits per heavy atom. The molecular formula is C10H13N3O. The van der Waals surface area contributed by atoms with E-state index in [-0.39, 0.29) is 5.88 Å². The fraction of sp³-hybridized carbons (Fsp3) is 0.300. The number of pyridine rings is 1. The van der Waals surface area contributed by atoms with E-state index in [0.717, 1.165) is 5.52 Å². The van der Waals surface area contributed by atoms with Crippen molar-refractivity contribution in [3.05, 3.63) is 30.2 Å². The standard InChI is InChI=1S/C10H13N3O/c1-10(2,11)9-12-6-7-4-3-5-8(14)13(7)9/h3-6,14H,11H2,1-2H3. The molecule has 2 aromatic heterocycles. The molecule has 0 unspecified atom stereocenters. The van der Waals surface area contributed by atoms with Crippen molar-refractivity contribution in [2.24, 2.45) is 5.73 Å². The Balaban J connectivity index is 2.80. The summed E-state index contributed by atoms with van der Waals surface area (Å²) in [5.41, 5.74) is 6.22. The van der Waals surface area contributed by atoms with Gasteiger partial charge in [0.05, 0.1) is 17.3 Å². The highest BCUT2D eigenvalue weighted by molar-refractivity contribution is 5.49. The molecule has 0 saturated carbocycles. The van der Waals surface area contributed by atoms with E-state index in [0.29, 0.717) is 5.82 Å². The molecule has 4 heteroatoms. The summed E-state index contributed by atoms with van der Waals surface area (Å²) < 4.78 is 1.65. The first kappa shape index (κ1) is 9.02. The minimum Gasteiger partial charge on any atom is -0.494 e. The van der Waals surface area contributed by atoms with Crippen LogP contribution in [0.5, 0.6) is 5.88 Å². The molecule has 2 rings (SSSR count). The van der Waals surface area contributed by atoms with Gasteiger partial charge < -0.3 is 10.8 Å². The quantitative estimate of drug-likeness (QED) is 0.712. The van der Waals surface area contributed by atoms with Crippen LogP contribution >= 0.6 is 0 Å². The Morgan fingerprint density at radius 1 is 1.43 bits per heavy atom. The van der Waals surface area contributed by atoms with E-state index in [2.05, 4.69) is 4.98 Å². The third-order valence-electron chi connectivity index (χ3n) is 2.11. The fourth-order valence-corrected chi connectivity index (χ4v) is 1.49. The van der Waals surface area contributed by atoms with E-state index < -0.39 is 5.54 Å². The molecule has 3 N–H and O–H groups in total. The molecule has 14 heavy (non-hydrogen) atoms. The van der Waals surface area contributed by atoms with E-state index in [1.54, 1.807) is 22.7 Å². The zero-order valence-corrected chi connectivity index (χ0v) is 8.23. The Morgan fingerprint density at radius 2 is 2.14 bits per heavy atom. The van der Waals surface area contributed by atoms with Gasteiger partial charge in [-0.1, -0.05) is 6.07 Å². The van der Waals surface area contributed by atoms with E-state index in [9.17, 15) is 5.11 Å². The van der Waals surface area contributed by atoms with Crippen LogP contribution in [0.1, 0.15) is 19.7 Å². The lowest BCUT2D eigenvalue weighted by Crippen LogP contribution is -2.31. The van der Waals surface area contributed by atoms with Crippen molar-refractivity contribution in [1.29, 1.82) is 0 Å². The summed E-state index contributed by atoms with van der Waals surface area (Å²) in [6, 6.07) is 5.27. The second kappa shape index (κ2) is 2.72. The molecule has 74 valence electrons. The summed E-state index contributed by atoms with van der Waals surface area (Å²) >= 11 is 0. The van der Waals surface area contributed by atoms with Crippen LogP contribution in [0.4, 0.5) is 0 Å². The lowest BCUT2D eigenvalue weighted by atomic mass is 10.1. The van der Waals surface area contributed by atoms with Crippen molar-refractivity contribution in [1.82, 2.24) is 9.38 Å². The van der Waals surface area contributed by atoms with Gasteiger partial charge in [-0.15, -0.1) is 0 Å². The normalized spacial score (nSPS) is 12.2. The summed E-state index contributed by atoms with van der Waals surface area (Å²) in [5.74, 6) is 0.819. The Kier molecular flexibility index (Phi) is 1.75. The maximum atomic E-state index is 9.67. The largest absolute Gasteiger partial charge is 0.494 e. The van der Waals surface area contributed by atoms with Crippen LogP contribution in [0.15, 0.2) is 24.4 Å². The molecule has 0 aliphatic heterocycles. The van der Waals surface area contributed by atoms with Gasteiger partial charge in [0, 0.05) is 0 Å². The highest BCUT2D eigenvalue weighted by Crippen LogP contribution is 2.22. The van der Waals surface area contributed by atoms with Gasteiger partial charge in [0.1, 0.15) is 5.82 Å². The van der Waals surface area contributed by atoms with Gasteiger partial charge in [0.2, 0.25) is 0 Å². The van der Waals surface area contributed by atoms with Gasteiger partial charge in [0.25, 0.3) is 0 Å². The summed E-state index contributed by atoms with van der Waals surface area (Å²) in [6.07, 6.45) is 1.70. The van der Waals surface area contributed by atoms with E-state index in [4.69, 9.17) is 5.73 Å². The highest BCUT2D eigenvalue weighted by atomic mass is 16.3. The van der Waals surface area contributed by atoms with Gasteiger partial charge in [-0.2, -0.15) is 0 Å². The fourth-order valence-electron chi connectivity index (χ4n) is 1.49. The molecule has 0 atom stereocenters. The Bertz CT molecular complexity index is 468. The zero-order valence-electron chi connectivity index (χ0n) is 8.23. The maximum absolute atomic E-state index is 9.67. The number of aromatic nitrogens is 2. The van der Waals surface area contributed by atoms with Gasteiger partial charge in [-0.05, 0) is 26.0 Å². The second-order valence-electron chi connectivity index (χ2n) is 3.95. The van der Waals surface area contributed by atoms with Crippen molar-refractivity contribution in [2.75, 3.05) is 0 Å². The number of hydrogen-bond donors (Lipinski definition) is 2. The maximum Gasteiger partial charge on any atom is 0.197 e. The molecule has 4 nitrogen and oxygen atoms in total. The topological polar surface area (TPSA) is 63.5 Å². The molecule has 0 aromatic carbocycles. The molecule has 0 aliphatic rings. The number of imidazole rings is 1. The van der Waals surface area contributed by atoms with Crippen molar-refractivity contribution in [3.63, 3.8) is 0 Å². The summed E-state index contributed by atoms with van der Waals surface area (Å²) in [4.78, 5) is 4.21. The lowest BCUT2D eigenvalue weighted by molar-refractivity contribution is 0.426. The molecule has 0 fully saturated rings. The molecular weight excluding hydrogens is 178 g/mol. The van der Waals surface area contributed by atoms with Crippen LogP contribution in [-0.4, -0.2) is 14.5 Å². The van der Waals surface area contributed by atoms with Gasteiger partial charge in [-0.25, -0.2) is 4.98 Å². The monoisotopic (exact) mass is 191 g/mol. The molecule has 0 amide bonds. The molecule has 0 spiro atoms. The van der Waals surface area contributed by atoms with Crippen molar-refractivity contribution < 1.29 is 5.11 Å². The van der Waals surface area contributed by atoms with E-state index in [1.807, 2.05) is 19.9 Å². The predicted molar refractivity (Wildman–Crippen MR) is 54.1 cm³/mol. The van der Waals surface area contributed by atoms with Crippen molar-refractivity contribution in [2.45, 2.75) is 19.4 Å². The van der Waals surface area contributed by atoms with Crippen LogP contribution in [0, 0.1) is 0 Å². The van der Waals surface area contributed by atoms with Crippen LogP contribution in [0.25, 0.3) is 5.52 Å². The molecule has 0 bridgehead atoms. The summed E-state index contributed by atoms with van der Waals surface area (Å²) in [7, 11) is 0. The van der Waals surface area contributed by atoms with Crippen LogP contribution in [-0.2, 0) is 5.54 Å². The molecule has 2 heterocycles. The summed E-state index contributed by atoms with van der Waals surface area (Å²) in [5, 5.41) is 9.67. The first-order chi connectivity index (χ1) is 6.50. The molecule has 2 aromatic rings. The Labute approximate surface area is 82.0 Å². The highest BCUT2D eigenvalue weighted by Gasteiger charge is 2.21. The number of rotatable bonds is 1. The van der Waals surface area contributed by atoms with Crippen molar-refractivity contribution >= 4 is 5.52 Å². The first-order valence-corrected chi connectivity index (χ1v) is 4.45. The Hall–Kier alpha value is -1.55.